The topological polar surface area (TPSA) is 71.5 Å². The van der Waals surface area contributed by atoms with Gasteiger partial charge in [0, 0.05) is 25.7 Å². The first-order valence-electron chi connectivity index (χ1n) is 12.2. The van der Waals surface area contributed by atoms with Crippen molar-refractivity contribution < 1.29 is 31.9 Å². The average molecular weight is 564 g/mol. The molecule has 39 heavy (non-hydrogen) atoms. The Morgan fingerprint density at radius 2 is 1.72 bits per heavy atom. The Morgan fingerprint density at radius 3 is 2.31 bits per heavy atom. The van der Waals surface area contributed by atoms with E-state index in [-0.39, 0.29) is 47.7 Å². The number of benzene rings is 2. The third kappa shape index (κ3) is 6.50. The number of alkyl halides is 3. The number of carbonyl (C=O) groups is 2. The second-order valence-corrected chi connectivity index (χ2v) is 9.81. The summed E-state index contributed by atoms with van der Waals surface area (Å²) in [6, 6.07) is 13.4. The van der Waals surface area contributed by atoms with Crippen LogP contribution in [0, 0.1) is 11.7 Å². The lowest BCUT2D eigenvalue weighted by atomic mass is 9.79. The van der Waals surface area contributed by atoms with Crippen LogP contribution in [0.1, 0.15) is 35.2 Å². The number of halogens is 5. The van der Waals surface area contributed by atoms with Gasteiger partial charge in [-0.15, -0.1) is 0 Å². The molecule has 1 aromatic heterocycles. The minimum absolute atomic E-state index is 0.0341. The van der Waals surface area contributed by atoms with E-state index in [1.165, 1.54) is 30.3 Å². The minimum Gasteiger partial charge on any atom is -0.469 e. The van der Waals surface area contributed by atoms with Crippen LogP contribution in [0.4, 0.5) is 22.4 Å². The maximum atomic E-state index is 14.7. The summed E-state index contributed by atoms with van der Waals surface area (Å²) in [5.74, 6) is -1.83. The van der Waals surface area contributed by atoms with Crippen LogP contribution in [0.25, 0.3) is 0 Å². The van der Waals surface area contributed by atoms with Gasteiger partial charge in [-0.3, -0.25) is 9.78 Å². The zero-order valence-corrected chi connectivity index (χ0v) is 21.7. The monoisotopic (exact) mass is 563 g/mol. The highest BCUT2D eigenvalue weighted by atomic mass is 35.5. The molecule has 2 amide bonds. The number of piperidine rings is 1. The van der Waals surface area contributed by atoms with E-state index in [0.717, 1.165) is 12.1 Å². The normalized spacial score (nSPS) is 15.9. The Labute approximate surface area is 227 Å². The number of esters is 1. The zero-order chi connectivity index (χ0) is 28.2. The first-order valence-corrected chi connectivity index (χ1v) is 12.6. The van der Waals surface area contributed by atoms with Gasteiger partial charge in [0.05, 0.1) is 29.3 Å². The molecule has 6 nitrogen and oxygen atoms in total. The SMILES string of the molecule is COC(=O)C1CCN(C(=O)NC(Cc2ccccc2)(c2cc(F)cc(C(F)(F)F)c2)c2ccc(Cl)cn2)CC1. The fraction of sp³-hybridized carbons (Fsp3) is 0.321. The Balaban J connectivity index is 1.83. The molecule has 0 bridgehead atoms. The molecular formula is C28H26ClF4N3O3. The van der Waals surface area contributed by atoms with Gasteiger partial charge >= 0.3 is 18.2 Å². The van der Waals surface area contributed by atoms with Crippen LogP contribution in [0.2, 0.25) is 5.02 Å². The number of aromatic nitrogens is 1. The molecule has 0 spiro atoms. The maximum Gasteiger partial charge on any atom is 0.416 e. The van der Waals surface area contributed by atoms with Gasteiger partial charge in [-0.2, -0.15) is 13.2 Å². The van der Waals surface area contributed by atoms with Crippen LogP contribution in [0.15, 0.2) is 66.9 Å². The van der Waals surface area contributed by atoms with Crippen LogP contribution < -0.4 is 5.32 Å². The molecule has 1 aliphatic rings. The van der Waals surface area contributed by atoms with E-state index >= 15 is 0 Å². The van der Waals surface area contributed by atoms with Crippen molar-refractivity contribution in [2.75, 3.05) is 20.2 Å². The molecule has 1 atom stereocenters. The van der Waals surface area contributed by atoms with Crippen molar-refractivity contribution >= 4 is 23.6 Å². The number of ether oxygens (including phenoxy) is 1. The number of likely N-dealkylation sites (tertiary alicyclic amines) is 1. The van der Waals surface area contributed by atoms with Crippen molar-refractivity contribution in [3.05, 3.63) is 100 Å². The molecule has 1 unspecified atom stereocenters. The largest absolute Gasteiger partial charge is 0.469 e. The van der Waals surface area contributed by atoms with Crippen LogP contribution in [-0.4, -0.2) is 42.1 Å². The van der Waals surface area contributed by atoms with E-state index in [0.29, 0.717) is 24.5 Å². The Morgan fingerprint density at radius 1 is 1.05 bits per heavy atom. The van der Waals surface area contributed by atoms with Gasteiger partial charge in [-0.1, -0.05) is 41.9 Å². The number of pyridine rings is 1. The molecule has 2 heterocycles. The van der Waals surface area contributed by atoms with E-state index in [2.05, 4.69) is 10.3 Å². The fourth-order valence-corrected chi connectivity index (χ4v) is 4.91. The fourth-order valence-electron chi connectivity index (χ4n) is 4.80. The van der Waals surface area contributed by atoms with E-state index in [1.54, 1.807) is 30.3 Å². The van der Waals surface area contributed by atoms with Gasteiger partial charge in [-0.05, 0) is 54.3 Å². The zero-order valence-electron chi connectivity index (χ0n) is 21.0. The summed E-state index contributed by atoms with van der Waals surface area (Å²) >= 11 is 6.05. The number of nitrogens with one attached hydrogen (secondary N) is 1. The van der Waals surface area contributed by atoms with Gasteiger partial charge in [-0.25, -0.2) is 9.18 Å². The standard InChI is InChI=1S/C28H26ClF4N3O3/c1-39-25(37)19-9-11-36(12-10-19)26(38)35-27(16-18-5-3-2-4-6-18,24-8-7-22(29)17-34-24)20-13-21(28(31,32)33)15-23(30)14-20/h2-8,13-15,17,19H,9-12,16H2,1H3,(H,35,38). The first kappa shape index (κ1) is 28.4. The Kier molecular flexibility index (Phi) is 8.44. The highest BCUT2D eigenvalue weighted by Crippen LogP contribution is 2.38. The summed E-state index contributed by atoms with van der Waals surface area (Å²) in [6.45, 7) is 0.441. The number of hydrogen-bond donors (Lipinski definition) is 1. The smallest absolute Gasteiger partial charge is 0.416 e. The van der Waals surface area contributed by atoms with E-state index < -0.39 is 29.1 Å². The number of nitrogens with zero attached hydrogens (tertiary/aromatic N) is 2. The summed E-state index contributed by atoms with van der Waals surface area (Å²) in [5, 5.41) is 3.17. The van der Waals surface area contributed by atoms with Crippen LogP contribution >= 0.6 is 11.6 Å². The molecular weight excluding hydrogens is 538 g/mol. The van der Waals surface area contributed by atoms with Crippen molar-refractivity contribution in [2.24, 2.45) is 5.92 Å². The summed E-state index contributed by atoms with van der Waals surface area (Å²) in [4.78, 5) is 31.4. The quantitative estimate of drug-likeness (QED) is 0.296. The van der Waals surface area contributed by atoms with Crippen LogP contribution in [0.5, 0.6) is 0 Å². The molecule has 4 rings (SSSR count). The maximum absolute atomic E-state index is 14.7. The minimum atomic E-state index is -4.83. The lowest BCUT2D eigenvalue weighted by molar-refractivity contribution is -0.146. The van der Waals surface area contributed by atoms with Crippen LogP contribution in [0.3, 0.4) is 0 Å². The molecule has 11 heteroatoms. The molecule has 1 fully saturated rings. The summed E-state index contributed by atoms with van der Waals surface area (Å²) in [5.41, 5.74) is -2.20. The average Bonchev–Trinajstić information content (AvgIpc) is 2.92. The van der Waals surface area contributed by atoms with Crippen molar-refractivity contribution in [3.63, 3.8) is 0 Å². The summed E-state index contributed by atoms with van der Waals surface area (Å²) < 4.78 is 60.9. The summed E-state index contributed by atoms with van der Waals surface area (Å²) in [6.07, 6.45) is -2.82. The predicted octanol–water partition coefficient (Wildman–Crippen LogP) is 5.97. The van der Waals surface area contributed by atoms with Crippen molar-refractivity contribution in [1.82, 2.24) is 15.2 Å². The third-order valence-corrected chi connectivity index (χ3v) is 7.06. The van der Waals surface area contributed by atoms with Gasteiger partial charge < -0.3 is 15.0 Å². The van der Waals surface area contributed by atoms with Crippen LogP contribution in [-0.2, 0) is 27.7 Å². The molecule has 2 aromatic carbocycles. The summed E-state index contributed by atoms with van der Waals surface area (Å²) in [7, 11) is 1.30. The predicted molar refractivity (Wildman–Crippen MR) is 136 cm³/mol. The number of urea groups is 1. The Bertz CT molecular complexity index is 1310. The van der Waals surface area contributed by atoms with Gasteiger partial charge in [0.2, 0.25) is 0 Å². The molecule has 3 aromatic rings. The molecule has 206 valence electrons. The number of methoxy groups -OCH3 is 1. The molecule has 1 saturated heterocycles. The third-order valence-electron chi connectivity index (χ3n) is 6.83. The van der Waals surface area contributed by atoms with Gasteiger partial charge in [0.25, 0.3) is 0 Å². The van der Waals surface area contributed by atoms with E-state index in [1.807, 2.05) is 0 Å². The Hall–Kier alpha value is -3.66. The lowest BCUT2D eigenvalue weighted by Gasteiger charge is -2.39. The first-order chi connectivity index (χ1) is 18.5. The van der Waals surface area contributed by atoms with Gasteiger partial charge in [0.15, 0.2) is 0 Å². The second-order valence-electron chi connectivity index (χ2n) is 9.37. The molecule has 0 radical (unpaired) electrons. The van der Waals surface area contributed by atoms with Crippen molar-refractivity contribution in [3.8, 4) is 0 Å². The van der Waals surface area contributed by atoms with Crippen molar-refractivity contribution in [2.45, 2.75) is 31.0 Å². The highest BCUT2D eigenvalue weighted by molar-refractivity contribution is 6.30. The number of rotatable bonds is 6. The van der Waals surface area contributed by atoms with E-state index in [9.17, 15) is 27.2 Å². The number of hydrogen-bond acceptors (Lipinski definition) is 4. The van der Waals surface area contributed by atoms with E-state index in [4.69, 9.17) is 16.3 Å². The number of carbonyl (C=O) groups excluding carboxylic acids is 2. The lowest BCUT2D eigenvalue weighted by Crippen LogP contribution is -2.55. The molecule has 1 N–H and O–H groups in total. The number of amides is 2. The highest BCUT2D eigenvalue weighted by Gasteiger charge is 2.42. The second kappa shape index (κ2) is 11.6. The van der Waals surface area contributed by atoms with Gasteiger partial charge in [0.1, 0.15) is 11.4 Å². The molecule has 1 aliphatic heterocycles. The molecule has 0 aliphatic carbocycles. The molecule has 0 saturated carbocycles. The van der Waals surface area contributed by atoms with Crippen molar-refractivity contribution in [1.29, 1.82) is 0 Å².